The molecular weight excluding hydrogens is 460 g/mol. The van der Waals surface area contributed by atoms with E-state index in [0.29, 0.717) is 6.54 Å². The smallest absolute Gasteiger partial charge is 0.0900 e. The standard InChI is InChI=1S/C30H30N6O/c1-22-24(11-7-13-31-22)33-27-20-28-30(21-26(27)32-14-15-35-16-18-37-19-17-35)36(23-8-3-2-4-9-23)29-12-6-5-10-25(29)34-28/h2-13,20-21,33H,14-19H2,1H3/b32-26+. The van der Waals surface area contributed by atoms with Gasteiger partial charge in [0.1, 0.15) is 0 Å². The highest BCUT2D eigenvalue weighted by Crippen LogP contribution is 2.30. The maximum atomic E-state index is 5.50. The predicted molar refractivity (Wildman–Crippen MR) is 148 cm³/mol. The molecule has 0 saturated carbocycles. The fourth-order valence-electron chi connectivity index (χ4n) is 4.83. The number of benzene rings is 3. The number of pyridine rings is 1. The van der Waals surface area contributed by atoms with E-state index in [0.717, 1.165) is 83.4 Å². The molecule has 1 fully saturated rings. The van der Waals surface area contributed by atoms with Crippen LogP contribution in [0.1, 0.15) is 5.69 Å². The summed E-state index contributed by atoms with van der Waals surface area (Å²) in [7, 11) is 0. The zero-order chi connectivity index (χ0) is 25.0. The van der Waals surface area contributed by atoms with Crippen molar-refractivity contribution in [1.29, 1.82) is 0 Å². The van der Waals surface area contributed by atoms with Crippen molar-refractivity contribution in [2.75, 3.05) is 44.7 Å². The van der Waals surface area contributed by atoms with E-state index in [2.05, 4.69) is 74.4 Å². The van der Waals surface area contributed by atoms with Crippen LogP contribution in [-0.4, -0.2) is 58.8 Å². The molecule has 1 aliphatic carbocycles. The van der Waals surface area contributed by atoms with Crippen molar-refractivity contribution in [2.45, 2.75) is 6.92 Å². The molecular formula is C30H30N6O. The number of ether oxygens (including phenoxy) is 1. The van der Waals surface area contributed by atoms with Gasteiger partial charge in [-0.25, -0.2) is 4.98 Å². The van der Waals surface area contributed by atoms with Gasteiger partial charge in [-0.15, -0.1) is 0 Å². The van der Waals surface area contributed by atoms with Crippen molar-refractivity contribution < 1.29 is 4.74 Å². The van der Waals surface area contributed by atoms with E-state index in [1.54, 1.807) is 0 Å². The summed E-state index contributed by atoms with van der Waals surface area (Å²) in [6, 6.07) is 27.0. The van der Waals surface area contributed by atoms with Gasteiger partial charge >= 0.3 is 0 Å². The van der Waals surface area contributed by atoms with E-state index in [-0.39, 0.29) is 0 Å². The Morgan fingerprint density at radius 3 is 2.57 bits per heavy atom. The van der Waals surface area contributed by atoms with E-state index in [9.17, 15) is 0 Å². The van der Waals surface area contributed by atoms with E-state index in [1.807, 2.05) is 37.4 Å². The van der Waals surface area contributed by atoms with Gasteiger partial charge in [0.15, 0.2) is 0 Å². The minimum Gasteiger partial charge on any atom is -0.379 e. The molecule has 1 saturated heterocycles. The Balaban J connectivity index is 1.52. The number of aromatic nitrogens is 3. The van der Waals surface area contributed by atoms with Gasteiger partial charge < -0.3 is 14.6 Å². The number of fused-ring (bicyclic) bond motifs is 2. The molecule has 3 aliphatic rings. The van der Waals surface area contributed by atoms with Crippen molar-refractivity contribution >= 4 is 22.4 Å². The summed E-state index contributed by atoms with van der Waals surface area (Å²) in [4.78, 5) is 17.0. The second kappa shape index (κ2) is 10.5. The maximum Gasteiger partial charge on any atom is 0.0900 e. The van der Waals surface area contributed by atoms with Gasteiger partial charge in [-0.1, -0.05) is 30.3 Å². The molecule has 7 heteroatoms. The van der Waals surface area contributed by atoms with Gasteiger partial charge in [0, 0.05) is 31.5 Å². The Labute approximate surface area is 216 Å². The van der Waals surface area contributed by atoms with Crippen LogP contribution in [0.5, 0.6) is 0 Å². The molecule has 3 heterocycles. The number of anilines is 2. The SMILES string of the molecule is Cc1ncccc1Nc1cc2nc3ccccc3n(-c3ccccc3)c-2c/c1=N\CCN1CCOCC1. The summed E-state index contributed by atoms with van der Waals surface area (Å²) >= 11 is 0. The van der Waals surface area contributed by atoms with E-state index < -0.39 is 0 Å². The number of nitrogens with zero attached hydrogens (tertiary/aromatic N) is 5. The largest absolute Gasteiger partial charge is 0.379 e. The van der Waals surface area contributed by atoms with Gasteiger partial charge in [-0.2, -0.15) is 0 Å². The fourth-order valence-corrected chi connectivity index (χ4v) is 4.83. The first-order valence-corrected chi connectivity index (χ1v) is 12.8. The molecule has 0 unspecified atom stereocenters. The van der Waals surface area contributed by atoms with E-state index in [4.69, 9.17) is 14.7 Å². The van der Waals surface area contributed by atoms with Gasteiger partial charge in [-0.3, -0.25) is 14.9 Å². The van der Waals surface area contributed by atoms with Crippen molar-refractivity contribution in [3.05, 3.63) is 96.1 Å². The van der Waals surface area contributed by atoms with Crippen molar-refractivity contribution in [3.63, 3.8) is 0 Å². The summed E-state index contributed by atoms with van der Waals surface area (Å²) in [5, 5.41) is 4.50. The third-order valence-corrected chi connectivity index (χ3v) is 6.79. The quantitative estimate of drug-likeness (QED) is 0.346. The first-order valence-electron chi connectivity index (χ1n) is 12.8. The molecule has 186 valence electrons. The third kappa shape index (κ3) is 4.96. The van der Waals surface area contributed by atoms with Crippen LogP contribution < -0.4 is 10.7 Å². The highest BCUT2D eigenvalue weighted by atomic mass is 16.5. The lowest BCUT2D eigenvalue weighted by Crippen LogP contribution is -2.38. The highest BCUT2D eigenvalue weighted by Gasteiger charge is 2.17. The van der Waals surface area contributed by atoms with Gasteiger partial charge in [0.2, 0.25) is 0 Å². The summed E-state index contributed by atoms with van der Waals surface area (Å²) in [5.74, 6) is 0. The monoisotopic (exact) mass is 490 g/mol. The molecule has 0 amide bonds. The topological polar surface area (TPSA) is 67.6 Å². The van der Waals surface area contributed by atoms with Crippen molar-refractivity contribution in [1.82, 2.24) is 19.4 Å². The predicted octanol–water partition coefficient (Wildman–Crippen LogP) is 4.81. The van der Waals surface area contributed by atoms with Gasteiger partial charge in [0.05, 0.1) is 64.6 Å². The van der Waals surface area contributed by atoms with Gasteiger partial charge in [0.25, 0.3) is 0 Å². The number of rotatable bonds is 6. The summed E-state index contributed by atoms with van der Waals surface area (Å²) in [6.45, 7) is 7.11. The molecule has 1 aromatic heterocycles. The van der Waals surface area contributed by atoms with Gasteiger partial charge in [-0.05, 0) is 55.5 Å². The molecule has 0 bridgehead atoms. The number of aryl methyl sites for hydroxylation is 1. The molecule has 2 aromatic carbocycles. The second-order valence-corrected chi connectivity index (χ2v) is 9.23. The summed E-state index contributed by atoms with van der Waals surface area (Å²) < 4.78 is 7.78. The Morgan fingerprint density at radius 2 is 1.73 bits per heavy atom. The molecule has 0 spiro atoms. The average Bonchev–Trinajstić information content (AvgIpc) is 2.94. The number of hydrogen-bond donors (Lipinski definition) is 1. The number of nitrogens with one attached hydrogen (secondary N) is 1. The van der Waals surface area contributed by atoms with Crippen LogP contribution in [0, 0.1) is 6.92 Å². The lowest BCUT2D eigenvalue weighted by atomic mass is 10.1. The summed E-state index contributed by atoms with van der Waals surface area (Å²) in [5.41, 5.74) is 7.84. The van der Waals surface area contributed by atoms with E-state index in [1.165, 1.54) is 0 Å². The first-order chi connectivity index (χ1) is 18.3. The Kier molecular flexibility index (Phi) is 6.62. The normalized spacial score (nSPS) is 14.9. The zero-order valence-corrected chi connectivity index (χ0v) is 21.0. The second-order valence-electron chi connectivity index (χ2n) is 9.23. The molecule has 0 atom stereocenters. The molecule has 37 heavy (non-hydrogen) atoms. The number of hydrogen-bond acceptors (Lipinski definition) is 6. The number of para-hydroxylation sites is 3. The first kappa shape index (κ1) is 23.3. The summed E-state index contributed by atoms with van der Waals surface area (Å²) in [6.07, 6.45) is 1.81. The van der Waals surface area contributed by atoms with Crippen molar-refractivity contribution in [3.8, 4) is 17.1 Å². The highest BCUT2D eigenvalue weighted by molar-refractivity contribution is 5.84. The number of morpholine rings is 1. The molecule has 3 aromatic rings. The van der Waals surface area contributed by atoms with Crippen LogP contribution in [0.15, 0.2) is 90.1 Å². The average molecular weight is 491 g/mol. The molecule has 6 rings (SSSR count). The molecule has 2 aliphatic heterocycles. The Bertz CT molecular complexity index is 1560. The van der Waals surface area contributed by atoms with Crippen LogP contribution in [0.3, 0.4) is 0 Å². The van der Waals surface area contributed by atoms with Crippen LogP contribution in [0.2, 0.25) is 0 Å². The van der Waals surface area contributed by atoms with Crippen LogP contribution in [-0.2, 0) is 4.74 Å². The zero-order valence-electron chi connectivity index (χ0n) is 21.0. The Hall–Kier alpha value is -4.07. The fraction of sp³-hybridized carbons (Fsp3) is 0.233. The minimum atomic E-state index is 0.707. The molecule has 7 nitrogen and oxygen atoms in total. The molecule has 1 N–H and O–H groups in total. The lowest BCUT2D eigenvalue weighted by Gasteiger charge is -2.25. The lowest BCUT2D eigenvalue weighted by molar-refractivity contribution is 0.0394. The van der Waals surface area contributed by atoms with Crippen LogP contribution >= 0.6 is 0 Å². The molecule has 0 radical (unpaired) electrons. The minimum absolute atomic E-state index is 0.707. The van der Waals surface area contributed by atoms with Crippen LogP contribution in [0.25, 0.3) is 28.1 Å². The van der Waals surface area contributed by atoms with Crippen molar-refractivity contribution in [2.24, 2.45) is 4.99 Å². The van der Waals surface area contributed by atoms with Crippen LogP contribution in [0.4, 0.5) is 11.4 Å². The Morgan fingerprint density at radius 1 is 0.919 bits per heavy atom. The van der Waals surface area contributed by atoms with E-state index >= 15 is 0 Å². The maximum absolute atomic E-state index is 5.50. The third-order valence-electron chi connectivity index (χ3n) is 6.79.